The molecule has 0 spiro atoms. The van der Waals surface area contributed by atoms with Crippen molar-refractivity contribution in [2.24, 2.45) is 5.92 Å². The van der Waals surface area contributed by atoms with Crippen molar-refractivity contribution in [2.75, 3.05) is 5.32 Å². The zero-order valence-corrected chi connectivity index (χ0v) is 14.5. The van der Waals surface area contributed by atoms with Crippen molar-refractivity contribution in [2.45, 2.75) is 65.7 Å². The van der Waals surface area contributed by atoms with E-state index < -0.39 is 0 Å². The monoisotopic (exact) mass is 321 g/mol. The Balaban J connectivity index is 2.42. The second-order valence-corrected chi connectivity index (χ2v) is 6.02. The van der Waals surface area contributed by atoms with Crippen LogP contribution >= 0.6 is 0 Å². The normalized spacial score (nSPS) is 12.0. The molecule has 1 aromatic rings. The third-order valence-corrected chi connectivity index (χ3v) is 4.21. The molecule has 0 bridgehead atoms. The lowest BCUT2D eigenvalue weighted by Gasteiger charge is -2.10. The Hall–Kier alpha value is -1.71. The molecule has 1 N–H and O–H groups in total. The Bertz CT molecular complexity index is 528. The minimum Gasteiger partial charge on any atom is -0.324 e. The Morgan fingerprint density at radius 1 is 1.17 bits per heavy atom. The fourth-order valence-electron chi connectivity index (χ4n) is 2.37. The van der Waals surface area contributed by atoms with E-state index in [1.54, 1.807) is 25.1 Å². The van der Waals surface area contributed by atoms with Crippen molar-refractivity contribution in [3.05, 3.63) is 29.6 Å². The van der Waals surface area contributed by atoms with Crippen LogP contribution in [-0.4, -0.2) is 11.7 Å². The Morgan fingerprint density at radius 3 is 2.57 bits per heavy atom. The molecule has 0 aliphatic rings. The summed E-state index contributed by atoms with van der Waals surface area (Å²) in [5.74, 6) is -0.0659. The minimum absolute atomic E-state index is 0.145. The molecule has 4 heteroatoms. The van der Waals surface area contributed by atoms with Crippen LogP contribution in [0.15, 0.2) is 18.2 Å². The van der Waals surface area contributed by atoms with Gasteiger partial charge in [-0.25, -0.2) is 4.39 Å². The van der Waals surface area contributed by atoms with E-state index in [1.165, 1.54) is 0 Å². The highest BCUT2D eigenvalue weighted by Crippen LogP contribution is 2.20. The molecule has 0 aromatic heterocycles. The van der Waals surface area contributed by atoms with E-state index in [1.807, 2.05) is 13.8 Å². The Labute approximate surface area is 138 Å². The standard InChI is InChI=1S/C19H28FNO2/c1-4-14(3)17(22)13-8-6-7-10-15-11-9-12-16(19(15)20)21-18(23)5-2/h9,11-12,14H,4-8,10,13H2,1-3H3,(H,21,23). The van der Waals surface area contributed by atoms with E-state index in [4.69, 9.17) is 0 Å². The van der Waals surface area contributed by atoms with Gasteiger partial charge < -0.3 is 5.32 Å². The van der Waals surface area contributed by atoms with Crippen LogP contribution in [0.1, 0.15) is 64.9 Å². The van der Waals surface area contributed by atoms with Crippen molar-refractivity contribution in [3.8, 4) is 0 Å². The van der Waals surface area contributed by atoms with Gasteiger partial charge in [0.15, 0.2) is 0 Å². The lowest BCUT2D eigenvalue weighted by molar-refractivity contribution is -0.122. The number of amides is 1. The van der Waals surface area contributed by atoms with Gasteiger partial charge in [-0.05, 0) is 37.3 Å². The number of rotatable bonds is 10. The van der Waals surface area contributed by atoms with Crippen LogP contribution in [0.4, 0.5) is 10.1 Å². The summed E-state index contributed by atoms with van der Waals surface area (Å²) in [7, 11) is 0. The third kappa shape index (κ3) is 6.51. The molecule has 128 valence electrons. The van der Waals surface area contributed by atoms with E-state index >= 15 is 0 Å². The van der Waals surface area contributed by atoms with Gasteiger partial charge in [0.25, 0.3) is 0 Å². The van der Waals surface area contributed by atoms with E-state index in [2.05, 4.69) is 5.32 Å². The zero-order chi connectivity index (χ0) is 17.2. The number of unbranched alkanes of at least 4 members (excludes halogenated alkanes) is 2. The maximum absolute atomic E-state index is 14.3. The summed E-state index contributed by atoms with van der Waals surface area (Å²) in [6, 6.07) is 5.09. The smallest absolute Gasteiger partial charge is 0.224 e. The number of hydrogen-bond donors (Lipinski definition) is 1. The first-order valence-electron chi connectivity index (χ1n) is 8.59. The predicted molar refractivity (Wildman–Crippen MR) is 92.0 cm³/mol. The van der Waals surface area contributed by atoms with Crippen molar-refractivity contribution in [1.82, 2.24) is 0 Å². The van der Waals surface area contributed by atoms with Gasteiger partial charge in [0.2, 0.25) is 5.91 Å². The van der Waals surface area contributed by atoms with Crippen molar-refractivity contribution in [3.63, 3.8) is 0 Å². The van der Waals surface area contributed by atoms with Crippen molar-refractivity contribution >= 4 is 17.4 Å². The molecule has 1 rings (SSSR count). The van der Waals surface area contributed by atoms with Crippen molar-refractivity contribution in [1.29, 1.82) is 0 Å². The topological polar surface area (TPSA) is 46.2 Å². The lowest BCUT2D eigenvalue weighted by atomic mass is 9.98. The fraction of sp³-hybridized carbons (Fsp3) is 0.579. The fourth-order valence-corrected chi connectivity index (χ4v) is 2.37. The van der Waals surface area contributed by atoms with Gasteiger partial charge in [-0.3, -0.25) is 9.59 Å². The molecule has 0 aliphatic heterocycles. The highest BCUT2D eigenvalue weighted by atomic mass is 19.1. The maximum Gasteiger partial charge on any atom is 0.224 e. The van der Waals surface area contributed by atoms with Gasteiger partial charge in [0.05, 0.1) is 5.69 Å². The van der Waals surface area contributed by atoms with Crippen molar-refractivity contribution < 1.29 is 14.0 Å². The van der Waals surface area contributed by atoms with Gasteiger partial charge in [-0.15, -0.1) is 0 Å². The second-order valence-electron chi connectivity index (χ2n) is 6.02. The van der Waals surface area contributed by atoms with Crippen LogP contribution in [0.5, 0.6) is 0 Å². The first-order chi connectivity index (χ1) is 11.0. The number of ketones is 1. The number of carbonyl (C=O) groups excluding carboxylic acids is 2. The molecule has 3 nitrogen and oxygen atoms in total. The number of Topliss-reactive ketones (excluding diaryl/α,β-unsaturated/α-hetero) is 1. The summed E-state index contributed by atoms with van der Waals surface area (Å²) in [6.45, 7) is 5.72. The van der Waals surface area contributed by atoms with E-state index in [0.29, 0.717) is 30.6 Å². The number of benzene rings is 1. The molecule has 0 saturated carbocycles. The molecule has 0 aliphatic carbocycles. The molecule has 0 saturated heterocycles. The molecule has 1 aromatic carbocycles. The first-order valence-corrected chi connectivity index (χ1v) is 8.59. The molecule has 0 heterocycles. The van der Waals surface area contributed by atoms with Crippen LogP contribution in [-0.2, 0) is 16.0 Å². The van der Waals surface area contributed by atoms with Crippen LogP contribution in [0.25, 0.3) is 0 Å². The molecule has 0 radical (unpaired) electrons. The Kier molecular flexibility index (Phi) is 8.52. The molecular formula is C19H28FNO2. The number of carbonyl (C=O) groups is 2. The zero-order valence-electron chi connectivity index (χ0n) is 14.5. The summed E-state index contributed by atoms with van der Waals surface area (Å²) < 4.78 is 14.3. The van der Waals surface area contributed by atoms with Gasteiger partial charge in [-0.2, -0.15) is 0 Å². The number of anilines is 1. The summed E-state index contributed by atoms with van der Waals surface area (Å²) in [5, 5.41) is 2.58. The maximum atomic E-state index is 14.3. The van der Waals surface area contributed by atoms with E-state index in [-0.39, 0.29) is 23.3 Å². The summed E-state index contributed by atoms with van der Waals surface area (Å²) in [4.78, 5) is 23.1. The predicted octanol–water partition coefficient (Wildman–Crippen LogP) is 4.89. The van der Waals surface area contributed by atoms with Crippen LogP contribution in [0.3, 0.4) is 0 Å². The van der Waals surface area contributed by atoms with Gasteiger partial charge in [-0.1, -0.05) is 39.3 Å². The summed E-state index contributed by atoms with van der Waals surface area (Å²) in [5.41, 5.74) is 0.869. The first kappa shape index (κ1) is 19.3. The summed E-state index contributed by atoms with van der Waals surface area (Å²) in [6.07, 6.45) is 5.07. The molecular weight excluding hydrogens is 293 g/mol. The van der Waals surface area contributed by atoms with Crippen LogP contribution in [0.2, 0.25) is 0 Å². The average Bonchev–Trinajstić information content (AvgIpc) is 2.56. The van der Waals surface area contributed by atoms with Gasteiger partial charge in [0.1, 0.15) is 11.6 Å². The Morgan fingerprint density at radius 2 is 1.91 bits per heavy atom. The van der Waals surface area contributed by atoms with Gasteiger partial charge >= 0.3 is 0 Å². The number of hydrogen-bond acceptors (Lipinski definition) is 2. The summed E-state index contributed by atoms with van der Waals surface area (Å²) >= 11 is 0. The third-order valence-electron chi connectivity index (χ3n) is 4.21. The SMILES string of the molecule is CCC(=O)Nc1cccc(CCCCCC(=O)C(C)CC)c1F. The van der Waals surface area contributed by atoms with Crippen LogP contribution < -0.4 is 5.32 Å². The van der Waals surface area contributed by atoms with E-state index in [0.717, 1.165) is 25.7 Å². The average molecular weight is 321 g/mol. The minimum atomic E-state index is -0.343. The number of halogens is 1. The molecule has 23 heavy (non-hydrogen) atoms. The lowest BCUT2D eigenvalue weighted by Crippen LogP contribution is -2.11. The molecule has 1 amide bonds. The molecule has 1 unspecified atom stereocenters. The van der Waals surface area contributed by atoms with Gasteiger partial charge in [0, 0.05) is 18.8 Å². The number of aryl methyl sites for hydroxylation is 1. The molecule has 0 fully saturated rings. The quantitative estimate of drug-likeness (QED) is 0.623. The van der Waals surface area contributed by atoms with Crippen LogP contribution in [0, 0.1) is 11.7 Å². The molecule has 1 atom stereocenters. The largest absolute Gasteiger partial charge is 0.324 e. The highest BCUT2D eigenvalue weighted by molar-refractivity contribution is 5.90. The highest BCUT2D eigenvalue weighted by Gasteiger charge is 2.11. The number of nitrogens with one attached hydrogen (secondary N) is 1. The van der Waals surface area contributed by atoms with E-state index in [9.17, 15) is 14.0 Å². The second kappa shape index (κ2) is 10.1.